The molecule has 1 aromatic rings. The molecule has 0 aliphatic heterocycles. The minimum atomic E-state index is 0.482. The third kappa shape index (κ3) is 1.76. The number of fused-ring (bicyclic) bond motifs is 2. The van der Waals surface area contributed by atoms with Crippen LogP contribution < -0.4 is 5.32 Å². The summed E-state index contributed by atoms with van der Waals surface area (Å²) >= 11 is 0. The number of nitrogens with one attached hydrogen (secondary N) is 1. The molecule has 2 aliphatic carbocycles. The van der Waals surface area contributed by atoms with Crippen LogP contribution in [0.2, 0.25) is 0 Å². The van der Waals surface area contributed by atoms with Gasteiger partial charge in [0, 0.05) is 13.1 Å². The summed E-state index contributed by atoms with van der Waals surface area (Å²) in [6.45, 7) is 8.16. The standard InChI is InChI=1S/C15H26N4/c1-11(16-9-13-18-17-10-19(13)4)15-7-5-12(6-8-15)14(15,2)3/h10-12,16H,5-9H2,1-4H3. The van der Waals surface area contributed by atoms with Crippen LogP contribution >= 0.6 is 0 Å². The summed E-state index contributed by atoms with van der Waals surface area (Å²) in [5, 5.41) is 11.8. The Balaban J connectivity index is 1.71. The van der Waals surface area contributed by atoms with Gasteiger partial charge in [0.2, 0.25) is 0 Å². The van der Waals surface area contributed by atoms with E-state index in [1.807, 2.05) is 11.6 Å². The molecule has 4 nitrogen and oxygen atoms in total. The Morgan fingerprint density at radius 3 is 2.58 bits per heavy atom. The number of hydrogen-bond donors (Lipinski definition) is 1. The van der Waals surface area contributed by atoms with Crippen LogP contribution in [0.3, 0.4) is 0 Å². The molecular formula is C15H26N4. The van der Waals surface area contributed by atoms with Gasteiger partial charge in [-0.3, -0.25) is 0 Å². The summed E-state index contributed by atoms with van der Waals surface area (Å²) in [5.74, 6) is 1.96. The molecule has 0 amide bonds. The van der Waals surface area contributed by atoms with Crippen LogP contribution in [0.4, 0.5) is 0 Å². The maximum atomic E-state index is 4.16. The number of aromatic nitrogens is 3. The van der Waals surface area contributed by atoms with Gasteiger partial charge in [-0.2, -0.15) is 0 Å². The summed E-state index contributed by atoms with van der Waals surface area (Å²) in [4.78, 5) is 0. The molecular weight excluding hydrogens is 236 g/mol. The molecule has 2 bridgehead atoms. The zero-order valence-corrected chi connectivity index (χ0v) is 12.6. The fraction of sp³-hybridized carbons (Fsp3) is 0.867. The van der Waals surface area contributed by atoms with Crippen LogP contribution in [0.15, 0.2) is 6.33 Å². The zero-order chi connectivity index (χ0) is 13.7. The third-order valence-electron chi connectivity index (χ3n) is 6.38. The van der Waals surface area contributed by atoms with E-state index in [4.69, 9.17) is 0 Å². The molecule has 3 rings (SSSR count). The van der Waals surface area contributed by atoms with Gasteiger partial charge in [0.05, 0.1) is 6.54 Å². The molecule has 19 heavy (non-hydrogen) atoms. The topological polar surface area (TPSA) is 42.7 Å². The summed E-state index contributed by atoms with van der Waals surface area (Å²) in [7, 11) is 2.01. The summed E-state index contributed by atoms with van der Waals surface area (Å²) < 4.78 is 1.99. The first kappa shape index (κ1) is 13.1. The van der Waals surface area contributed by atoms with E-state index in [0.29, 0.717) is 16.9 Å². The van der Waals surface area contributed by atoms with Crippen LogP contribution in [0, 0.1) is 16.7 Å². The van der Waals surface area contributed by atoms with Gasteiger partial charge in [-0.05, 0) is 49.4 Å². The predicted octanol–water partition coefficient (Wildman–Crippen LogP) is 2.51. The lowest BCUT2D eigenvalue weighted by atomic mass is 9.65. The smallest absolute Gasteiger partial charge is 0.146 e. The Kier molecular flexibility index (Phi) is 2.97. The molecule has 1 N–H and O–H groups in total. The van der Waals surface area contributed by atoms with E-state index in [1.54, 1.807) is 6.33 Å². The second kappa shape index (κ2) is 4.30. The lowest BCUT2D eigenvalue weighted by Gasteiger charge is -2.43. The SMILES string of the molecule is CC(NCc1nncn1C)C12CCC(CC1)C2(C)C. The highest BCUT2D eigenvalue weighted by Gasteiger charge is 2.60. The first-order valence-corrected chi connectivity index (χ1v) is 7.53. The van der Waals surface area contributed by atoms with E-state index in [2.05, 4.69) is 36.3 Å². The van der Waals surface area contributed by atoms with Crippen LogP contribution in [0.1, 0.15) is 52.3 Å². The average molecular weight is 262 g/mol. The van der Waals surface area contributed by atoms with Crippen molar-refractivity contribution in [3.8, 4) is 0 Å². The average Bonchev–Trinajstić information content (AvgIpc) is 2.98. The van der Waals surface area contributed by atoms with Gasteiger partial charge < -0.3 is 9.88 Å². The Hall–Kier alpha value is -0.900. The van der Waals surface area contributed by atoms with Crippen molar-refractivity contribution < 1.29 is 0 Å². The van der Waals surface area contributed by atoms with Crippen molar-refractivity contribution in [2.24, 2.45) is 23.8 Å². The molecule has 1 unspecified atom stereocenters. The monoisotopic (exact) mass is 262 g/mol. The van der Waals surface area contributed by atoms with Crippen LogP contribution in [0.25, 0.3) is 0 Å². The molecule has 0 saturated heterocycles. The van der Waals surface area contributed by atoms with E-state index < -0.39 is 0 Å². The quantitative estimate of drug-likeness (QED) is 0.906. The van der Waals surface area contributed by atoms with Gasteiger partial charge >= 0.3 is 0 Å². The number of hydrogen-bond acceptors (Lipinski definition) is 3. The molecule has 1 heterocycles. The highest BCUT2D eigenvalue weighted by atomic mass is 15.3. The molecule has 1 aromatic heterocycles. The molecule has 106 valence electrons. The van der Waals surface area contributed by atoms with Gasteiger partial charge in [-0.25, -0.2) is 0 Å². The normalized spacial score (nSPS) is 33.8. The second-order valence-electron chi connectivity index (χ2n) is 7.11. The van der Waals surface area contributed by atoms with Gasteiger partial charge in [0.1, 0.15) is 12.2 Å². The summed E-state index contributed by atoms with van der Waals surface area (Å²) in [5.41, 5.74) is 0.968. The number of aryl methyl sites for hydroxylation is 1. The minimum absolute atomic E-state index is 0.482. The maximum absolute atomic E-state index is 4.16. The van der Waals surface area contributed by atoms with Crippen molar-refractivity contribution in [1.82, 2.24) is 20.1 Å². The van der Waals surface area contributed by atoms with Crippen molar-refractivity contribution in [3.63, 3.8) is 0 Å². The molecule has 1 atom stereocenters. The van der Waals surface area contributed by atoms with Crippen LogP contribution in [-0.2, 0) is 13.6 Å². The Morgan fingerprint density at radius 1 is 1.42 bits per heavy atom. The Bertz CT molecular complexity index is 454. The van der Waals surface area contributed by atoms with E-state index in [0.717, 1.165) is 18.3 Å². The minimum Gasteiger partial charge on any atom is -0.320 e. The van der Waals surface area contributed by atoms with Crippen molar-refractivity contribution in [1.29, 1.82) is 0 Å². The molecule has 2 fully saturated rings. The fourth-order valence-corrected chi connectivity index (χ4v) is 4.80. The lowest BCUT2D eigenvalue weighted by molar-refractivity contribution is 0.0811. The third-order valence-corrected chi connectivity index (χ3v) is 6.38. The van der Waals surface area contributed by atoms with E-state index in [-0.39, 0.29) is 0 Å². The van der Waals surface area contributed by atoms with Gasteiger partial charge in [0.25, 0.3) is 0 Å². The maximum Gasteiger partial charge on any atom is 0.146 e. The van der Waals surface area contributed by atoms with Crippen LogP contribution in [-0.4, -0.2) is 20.8 Å². The Labute approximate surface area is 116 Å². The van der Waals surface area contributed by atoms with E-state index >= 15 is 0 Å². The zero-order valence-electron chi connectivity index (χ0n) is 12.6. The molecule has 2 saturated carbocycles. The van der Waals surface area contributed by atoms with Crippen molar-refractivity contribution in [2.75, 3.05) is 0 Å². The highest BCUT2D eigenvalue weighted by Crippen LogP contribution is 2.67. The van der Waals surface area contributed by atoms with Gasteiger partial charge in [-0.15, -0.1) is 10.2 Å². The predicted molar refractivity (Wildman–Crippen MR) is 75.5 cm³/mol. The highest BCUT2D eigenvalue weighted by molar-refractivity contribution is 5.12. The first-order chi connectivity index (χ1) is 8.97. The molecule has 0 spiro atoms. The summed E-state index contributed by atoms with van der Waals surface area (Å²) in [6.07, 6.45) is 7.38. The molecule has 2 aliphatic rings. The number of nitrogens with zero attached hydrogens (tertiary/aromatic N) is 3. The summed E-state index contributed by atoms with van der Waals surface area (Å²) in [6, 6.07) is 0.548. The second-order valence-corrected chi connectivity index (χ2v) is 7.11. The van der Waals surface area contributed by atoms with Crippen molar-refractivity contribution >= 4 is 0 Å². The first-order valence-electron chi connectivity index (χ1n) is 7.53. The van der Waals surface area contributed by atoms with Gasteiger partial charge in [0.15, 0.2) is 0 Å². The van der Waals surface area contributed by atoms with Crippen molar-refractivity contribution in [2.45, 2.75) is 59.0 Å². The molecule has 0 radical (unpaired) electrons. The molecule has 0 aromatic carbocycles. The Morgan fingerprint density at radius 2 is 2.11 bits per heavy atom. The van der Waals surface area contributed by atoms with Gasteiger partial charge in [-0.1, -0.05) is 13.8 Å². The number of rotatable bonds is 4. The van der Waals surface area contributed by atoms with E-state index in [9.17, 15) is 0 Å². The van der Waals surface area contributed by atoms with E-state index in [1.165, 1.54) is 25.7 Å². The largest absolute Gasteiger partial charge is 0.320 e. The van der Waals surface area contributed by atoms with Crippen LogP contribution in [0.5, 0.6) is 0 Å². The van der Waals surface area contributed by atoms with Crippen molar-refractivity contribution in [3.05, 3.63) is 12.2 Å². The molecule has 4 heteroatoms. The lowest BCUT2D eigenvalue weighted by Crippen LogP contribution is -2.47. The fourth-order valence-electron chi connectivity index (χ4n) is 4.80.